The number of nitrogens with one attached hydrogen (secondary N) is 1. The lowest BCUT2D eigenvalue weighted by Gasteiger charge is -2.25. The van der Waals surface area contributed by atoms with Gasteiger partial charge in [-0.1, -0.05) is 0 Å². The molecule has 2 aliphatic rings. The molecule has 2 atom stereocenters. The second-order valence-electron chi connectivity index (χ2n) is 5.97. The van der Waals surface area contributed by atoms with Gasteiger partial charge < -0.3 is 9.88 Å². The van der Waals surface area contributed by atoms with Crippen LogP contribution < -0.4 is 0 Å². The number of aromatic nitrogens is 1. The number of nitrogens with zero attached hydrogens (tertiary/aromatic N) is 2. The van der Waals surface area contributed by atoms with Crippen molar-refractivity contribution in [2.75, 3.05) is 20.1 Å². The van der Waals surface area contributed by atoms with E-state index in [2.05, 4.69) is 22.3 Å². The fourth-order valence-corrected chi connectivity index (χ4v) is 4.41. The van der Waals surface area contributed by atoms with Crippen molar-refractivity contribution in [1.82, 2.24) is 14.8 Å². The molecule has 0 spiro atoms. The van der Waals surface area contributed by atoms with Crippen LogP contribution in [0.4, 0.5) is 0 Å². The molecular formula is C15H19N3OS. The van der Waals surface area contributed by atoms with E-state index in [1.807, 2.05) is 17.0 Å². The lowest BCUT2D eigenvalue weighted by molar-refractivity contribution is 0.0735. The first kappa shape index (κ1) is 12.4. The van der Waals surface area contributed by atoms with Crippen molar-refractivity contribution in [3.8, 4) is 0 Å². The van der Waals surface area contributed by atoms with Crippen LogP contribution in [0.5, 0.6) is 0 Å². The molecule has 0 unspecified atom stereocenters. The molecule has 5 heteroatoms. The summed E-state index contributed by atoms with van der Waals surface area (Å²) in [4.78, 5) is 20.4. The SMILES string of the molecule is CN1[C@H]2CC[C@@H]1CN(C(=O)c1cc3sccc3[nH]1)CC2. The molecule has 0 aliphatic carbocycles. The first-order valence-electron chi connectivity index (χ1n) is 7.30. The first-order chi connectivity index (χ1) is 9.72. The standard InChI is InChI=1S/C15H19N3OS/c1-17-10-2-3-11(17)9-18(6-4-10)15(19)13-8-14-12(16-13)5-7-20-14/h5,7-8,10-11,16H,2-4,6,9H2,1H3/t10-,11+/m0/s1. The van der Waals surface area contributed by atoms with Crippen LogP contribution in [0.2, 0.25) is 0 Å². The van der Waals surface area contributed by atoms with E-state index in [1.165, 1.54) is 17.5 Å². The second kappa shape index (κ2) is 4.60. The molecule has 2 fully saturated rings. The summed E-state index contributed by atoms with van der Waals surface area (Å²) in [5.74, 6) is 0.161. The molecule has 4 nitrogen and oxygen atoms in total. The predicted molar refractivity (Wildman–Crippen MR) is 81.3 cm³/mol. The molecule has 2 aliphatic heterocycles. The second-order valence-corrected chi connectivity index (χ2v) is 6.92. The Balaban J connectivity index is 1.57. The van der Waals surface area contributed by atoms with Gasteiger partial charge in [0.1, 0.15) is 5.69 Å². The Bertz CT molecular complexity index is 618. The Morgan fingerprint density at radius 1 is 1.35 bits per heavy atom. The summed E-state index contributed by atoms with van der Waals surface area (Å²) >= 11 is 1.68. The fourth-order valence-electron chi connectivity index (χ4n) is 3.63. The average Bonchev–Trinajstić information content (AvgIpc) is 3.03. The van der Waals surface area contributed by atoms with Gasteiger partial charge >= 0.3 is 0 Å². The van der Waals surface area contributed by atoms with Gasteiger partial charge in [-0.15, -0.1) is 11.3 Å². The van der Waals surface area contributed by atoms with Crippen LogP contribution in [0, 0.1) is 0 Å². The Hall–Kier alpha value is -1.33. The number of fused-ring (bicyclic) bond motifs is 3. The number of thiophene rings is 1. The Kier molecular flexibility index (Phi) is 2.86. The van der Waals surface area contributed by atoms with Crippen molar-refractivity contribution >= 4 is 27.5 Å². The van der Waals surface area contributed by atoms with E-state index in [1.54, 1.807) is 11.3 Å². The van der Waals surface area contributed by atoms with Gasteiger partial charge in [0.2, 0.25) is 0 Å². The molecule has 20 heavy (non-hydrogen) atoms. The van der Waals surface area contributed by atoms with Crippen molar-refractivity contribution in [2.45, 2.75) is 31.3 Å². The highest BCUT2D eigenvalue weighted by Gasteiger charge is 2.36. The Morgan fingerprint density at radius 2 is 2.20 bits per heavy atom. The topological polar surface area (TPSA) is 39.3 Å². The third-order valence-corrected chi connectivity index (χ3v) is 5.77. The first-order valence-corrected chi connectivity index (χ1v) is 8.18. The highest BCUT2D eigenvalue weighted by Crippen LogP contribution is 2.29. The minimum atomic E-state index is 0.161. The van der Waals surface area contributed by atoms with Crippen LogP contribution >= 0.6 is 11.3 Å². The van der Waals surface area contributed by atoms with E-state index >= 15 is 0 Å². The Labute approximate surface area is 122 Å². The van der Waals surface area contributed by atoms with Crippen LogP contribution in [-0.2, 0) is 0 Å². The zero-order valence-corrected chi connectivity index (χ0v) is 12.4. The molecule has 0 saturated carbocycles. The lowest BCUT2D eigenvalue weighted by Crippen LogP contribution is -2.39. The molecular weight excluding hydrogens is 270 g/mol. The summed E-state index contributed by atoms with van der Waals surface area (Å²) < 4.78 is 1.17. The van der Waals surface area contributed by atoms with Crippen molar-refractivity contribution in [3.05, 3.63) is 23.2 Å². The summed E-state index contributed by atoms with van der Waals surface area (Å²) in [6.45, 7) is 1.76. The maximum Gasteiger partial charge on any atom is 0.270 e. The molecule has 2 aromatic rings. The van der Waals surface area contributed by atoms with E-state index in [4.69, 9.17) is 0 Å². The third kappa shape index (κ3) is 1.88. The largest absolute Gasteiger partial charge is 0.350 e. The number of carbonyl (C=O) groups is 1. The van der Waals surface area contributed by atoms with Gasteiger partial charge in [0.05, 0.1) is 10.2 Å². The van der Waals surface area contributed by atoms with Gasteiger partial charge in [-0.05, 0) is 43.8 Å². The summed E-state index contributed by atoms with van der Waals surface area (Å²) in [5.41, 5.74) is 1.82. The molecule has 0 aromatic carbocycles. The number of hydrogen-bond donors (Lipinski definition) is 1. The van der Waals surface area contributed by atoms with E-state index in [-0.39, 0.29) is 5.91 Å². The van der Waals surface area contributed by atoms with Crippen LogP contribution in [-0.4, -0.2) is 52.9 Å². The number of aromatic amines is 1. The van der Waals surface area contributed by atoms with Gasteiger partial charge in [-0.2, -0.15) is 0 Å². The fraction of sp³-hybridized carbons (Fsp3) is 0.533. The number of likely N-dealkylation sites (N-methyl/N-ethyl adjacent to an activating group) is 1. The van der Waals surface area contributed by atoms with Crippen molar-refractivity contribution in [2.24, 2.45) is 0 Å². The van der Waals surface area contributed by atoms with E-state index in [0.717, 1.165) is 30.7 Å². The maximum atomic E-state index is 12.7. The van der Waals surface area contributed by atoms with Crippen LogP contribution in [0.15, 0.2) is 17.5 Å². The van der Waals surface area contributed by atoms with Crippen LogP contribution in [0.25, 0.3) is 10.2 Å². The normalized spacial score (nSPS) is 27.1. The molecule has 2 saturated heterocycles. The summed E-state index contributed by atoms with van der Waals surface area (Å²) in [6.07, 6.45) is 3.63. The number of amides is 1. The van der Waals surface area contributed by atoms with E-state index in [9.17, 15) is 4.79 Å². The molecule has 2 aromatic heterocycles. The quantitative estimate of drug-likeness (QED) is 0.876. The number of hydrogen-bond acceptors (Lipinski definition) is 3. The molecule has 1 amide bonds. The number of likely N-dealkylation sites (tertiary alicyclic amines) is 1. The Morgan fingerprint density at radius 3 is 3.05 bits per heavy atom. The molecule has 2 bridgehead atoms. The highest BCUT2D eigenvalue weighted by molar-refractivity contribution is 7.17. The average molecular weight is 289 g/mol. The summed E-state index contributed by atoms with van der Waals surface area (Å²) in [7, 11) is 2.21. The van der Waals surface area contributed by atoms with E-state index in [0.29, 0.717) is 12.1 Å². The van der Waals surface area contributed by atoms with Gasteiger partial charge in [-0.25, -0.2) is 0 Å². The van der Waals surface area contributed by atoms with Crippen LogP contribution in [0.3, 0.4) is 0 Å². The molecule has 4 rings (SSSR count). The third-order valence-electron chi connectivity index (χ3n) is 4.91. The van der Waals surface area contributed by atoms with Crippen LogP contribution in [0.1, 0.15) is 29.8 Å². The van der Waals surface area contributed by atoms with Crippen molar-refractivity contribution in [1.29, 1.82) is 0 Å². The zero-order chi connectivity index (χ0) is 13.7. The smallest absolute Gasteiger partial charge is 0.270 e. The molecule has 106 valence electrons. The minimum Gasteiger partial charge on any atom is -0.350 e. The maximum absolute atomic E-state index is 12.7. The monoisotopic (exact) mass is 289 g/mol. The minimum absolute atomic E-state index is 0.161. The molecule has 0 radical (unpaired) electrons. The predicted octanol–water partition coefficient (Wildman–Crippen LogP) is 2.54. The number of carbonyl (C=O) groups excluding carboxylic acids is 1. The summed E-state index contributed by atoms with van der Waals surface area (Å²) in [5, 5.41) is 2.05. The molecule has 1 N–H and O–H groups in total. The summed E-state index contributed by atoms with van der Waals surface area (Å²) in [6, 6.07) is 5.25. The zero-order valence-electron chi connectivity index (χ0n) is 11.6. The van der Waals surface area contributed by atoms with Gasteiger partial charge in [0.15, 0.2) is 0 Å². The van der Waals surface area contributed by atoms with Crippen molar-refractivity contribution < 1.29 is 4.79 Å². The highest BCUT2D eigenvalue weighted by atomic mass is 32.1. The van der Waals surface area contributed by atoms with Crippen molar-refractivity contribution in [3.63, 3.8) is 0 Å². The number of H-pyrrole nitrogens is 1. The lowest BCUT2D eigenvalue weighted by atomic mass is 10.1. The van der Waals surface area contributed by atoms with Gasteiger partial charge in [-0.3, -0.25) is 9.69 Å². The van der Waals surface area contributed by atoms with Gasteiger partial charge in [0, 0.05) is 25.2 Å². The van der Waals surface area contributed by atoms with Gasteiger partial charge in [0.25, 0.3) is 5.91 Å². The molecule has 4 heterocycles. The number of rotatable bonds is 1. The van der Waals surface area contributed by atoms with E-state index < -0.39 is 0 Å².